The molecule has 1 rings (SSSR count). The topological polar surface area (TPSA) is 58.2 Å². The van der Waals surface area contributed by atoms with Gasteiger partial charge in [-0.05, 0) is 37.6 Å². The SMILES string of the molecule is CNC(=O)C(C)NC(=O)c1cc(C)cc(Br)c1. The molecule has 0 spiro atoms. The summed E-state index contributed by atoms with van der Waals surface area (Å²) in [5.74, 6) is -0.476. The van der Waals surface area contributed by atoms with E-state index < -0.39 is 6.04 Å². The van der Waals surface area contributed by atoms with E-state index in [0.717, 1.165) is 10.0 Å². The van der Waals surface area contributed by atoms with Crippen molar-refractivity contribution in [3.05, 3.63) is 33.8 Å². The predicted octanol–water partition coefficient (Wildman–Crippen LogP) is 1.62. The molecule has 1 unspecified atom stereocenters. The Labute approximate surface area is 109 Å². The highest BCUT2D eigenvalue weighted by Crippen LogP contribution is 2.15. The second-order valence-corrected chi connectivity index (χ2v) is 4.74. The molecule has 0 radical (unpaired) electrons. The van der Waals surface area contributed by atoms with E-state index in [1.807, 2.05) is 13.0 Å². The summed E-state index contributed by atoms with van der Waals surface area (Å²) < 4.78 is 0.843. The summed E-state index contributed by atoms with van der Waals surface area (Å²) in [6, 6.07) is 4.86. The molecule has 0 aliphatic rings. The Morgan fingerprint density at radius 3 is 2.47 bits per heavy atom. The fraction of sp³-hybridized carbons (Fsp3) is 0.333. The molecule has 0 fully saturated rings. The van der Waals surface area contributed by atoms with Gasteiger partial charge in [0.15, 0.2) is 0 Å². The smallest absolute Gasteiger partial charge is 0.251 e. The highest BCUT2D eigenvalue weighted by molar-refractivity contribution is 9.10. The minimum absolute atomic E-state index is 0.218. The average molecular weight is 299 g/mol. The predicted molar refractivity (Wildman–Crippen MR) is 69.9 cm³/mol. The van der Waals surface area contributed by atoms with Gasteiger partial charge in [0.05, 0.1) is 0 Å². The third-order valence-electron chi connectivity index (χ3n) is 2.29. The average Bonchev–Trinajstić information content (AvgIpc) is 2.26. The lowest BCUT2D eigenvalue weighted by Crippen LogP contribution is -2.43. The number of likely N-dealkylation sites (N-methyl/N-ethyl adjacent to an activating group) is 1. The summed E-state index contributed by atoms with van der Waals surface area (Å²) in [5, 5.41) is 5.11. The van der Waals surface area contributed by atoms with Crippen molar-refractivity contribution in [2.24, 2.45) is 0 Å². The zero-order chi connectivity index (χ0) is 13.0. The number of aryl methyl sites for hydroxylation is 1. The molecule has 4 nitrogen and oxygen atoms in total. The molecule has 0 aliphatic heterocycles. The molecule has 92 valence electrons. The van der Waals surface area contributed by atoms with E-state index in [1.165, 1.54) is 7.05 Å². The summed E-state index contributed by atoms with van der Waals surface area (Å²) >= 11 is 3.33. The molecule has 2 amide bonds. The first-order chi connectivity index (χ1) is 7.93. The van der Waals surface area contributed by atoms with Crippen molar-refractivity contribution in [2.45, 2.75) is 19.9 Å². The summed E-state index contributed by atoms with van der Waals surface area (Å²) in [4.78, 5) is 23.1. The molecule has 2 N–H and O–H groups in total. The van der Waals surface area contributed by atoms with Gasteiger partial charge in [0.2, 0.25) is 5.91 Å². The molecular weight excluding hydrogens is 284 g/mol. The van der Waals surface area contributed by atoms with Crippen LogP contribution in [0.25, 0.3) is 0 Å². The van der Waals surface area contributed by atoms with Crippen LogP contribution in [-0.2, 0) is 4.79 Å². The van der Waals surface area contributed by atoms with Gasteiger partial charge in [-0.15, -0.1) is 0 Å². The molecule has 5 heteroatoms. The van der Waals surface area contributed by atoms with Gasteiger partial charge in [0.25, 0.3) is 5.91 Å². The van der Waals surface area contributed by atoms with Crippen LogP contribution in [0.5, 0.6) is 0 Å². The van der Waals surface area contributed by atoms with Gasteiger partial charge in [0.1, 0.15) is 6.04 Å². The molecule has 17 heavy (non-hydrogen) atoms. The lowest BCUT2D eigenvalue weighted by Gasteiger charge is -2.12. The van der Waals surface area contributed by atoms with Crippen molar-refractivity contribution < 1.29 is 9.59 Å². The van der Waals surface area contributed by atoms with Gasteiger partial charge in [-0.2, -0.15) is 0 Å². The number of hydrogen-bond acceptors (Lipinski definition) is 2. The number of benzene rings is 1. The van der Waals surface area contributed by atoms with E-state index in [1.54, 1.807) is 19.1 Å². The molecule has 0 saturated carbocycles. The summed E-state index contributed by atoms with van der Waals surface area (Å²) in [7, 11) is 1.54. The Balaban J connectivity index is 2.79. The van der Waals surface area contributed by atoms with Crippen LogP contribution in [0.4, 0.5) is 0 Å². The van der Waals surface area contributed by atoms with E-state index in [4.69, 9.17) is 0 Å². The van der Waals surface area contributed by atoms with Crippen LogP contribution in [0.2, 0.25) is 0 Å². The first-order valence-electron chi connectivity index (χ1n) is 5.23. The molecule has 1 atom stereocenters. The zero-order valence-electron chi connectivity index (χ0n) is 10.0. The number of carbonyl (C=O) groups is 2. The first kappa shape index (κ1) is 13.7. The van der Waals surface area contributed by atoms with Crippen molar-refractivity contribution in [3.63, 3.8) is 0 Å². The second kappa shape index (κ2) is 5.82. The van der Waals surface area contributed by atoms with Gasteiger partial charge < -0.3 is 10.6 Å². The normalized spacial score (nSPS) is 11.8. The molecular formula is C12H15BrN2O2. The number of carbonyl (C=O) groups excluding carboxylic acids is 2. The highest BCUT2D eigenvalue weighted by atomic mass is 79.9. The van der Waals surface area contributed by atoms with Crippen LogP contribution in [-0.4, -0.2) is 24.9 Å². The van der Waals surface area contributed by atoms with Crippen molar-refractivity contribution in [1.29, 1.82) is 0 Å². The molecule has 0 saturated heterocycles. The van der Waals surface area contributed by atoms with Crippen LogP contribution in [0, 0.1) is 6.92 Å². The summed E-state index contributed by atoms with van der Waals surface area (Å²) in [5.41, 5.74) is 1.52. The van der Waals surface area contributed by atoms with Crippen LogP contribution >= 0.6 is 15.9 Å². The van der Waals surface area contributed by atoms with E-state index in [0.29, 0.717) is 5.56 Å². The minimum Gasteiger partial charge on any atom is -0.357 e. The Morgan fingerprint density at radius 2 is 1.94 bits per heavy atom. The summed E-state index contributed by atoms with van der Waals surface area (Å²) in [6.45, 7) is 3.55. The third-order valence-corrected chi connectivity index (χ3v) is 2.75. The van der Waals surface area contributed by atoms with E-state index >= 15 is 0 Å². The zero-order valence-corrected chi connectivity index (χ0v) is 11.6. The molecule has 1 aromatic rings. The molecule has 0 aromatic heterocycles. The number of nitrogens with one attached hydrogen (secondary N) is 2. The van der Waals surface area contributed by atoms with Crippen molar-refractivity contribution in [3.8, 4) is 0 Å². The Bertz CT molecular complexity index is 426. The second-order valence-electron chi connectivity index (χ2n) is 3.83. The minimum atomic E-state index is -0.549. The largest absolute Gasteiger partial charge is 0.357 e. The van der Waals surface area contributed by atoms with Gasteiger partial charge in [0, 0.05) is 17.1 Å². The standard InChI is InChI=1S/C12H15BrN2O2/c1-7-4-9(6-10(13)5-7)12(17)15-8(2)11(16)14-3/h4-6,8H,1-3H3,(H,14,16)(H,15,17). The van der Waals surface area contributed by atoms with Crippen molar-refractivity contribution in [2.75, 3.05) is 7.05 Å². The fourth-order valence-corrected chi connectivity index (χ4v) is 2.04. The van der Waals surface area contributed by atoms with Crippen LogP contribution < -0.4 is 10.6 Å². The van der Waals surface area contributed by atoms with Crippen LogP contribution in [0.1, 0.15) is 22.8 Å². The Hall–Kier alpha value is -1.36. The number of amides is 2. The monoisotopic (exact) mass is 298 g/mol. The third kappa shape index (κ3) is 3.85. The van der Waals surface area contributed by atoms with Crippen LogP contribution in [0.15, 0.2) is 22.7 Å². The molecule has 0 aliphatic carbocycles. The van der Waals surface area contributed by atoms with E-state index in [9.17, 15) is 9.59 Å². The van der Waals surface area contributed by atoms with Gasteiger partial charge in [-0.3, -0.25) is 9.59 Å². The lowest BCUT2D eigenvalue weighted by atomic mass is 10.1. The maximum atomic E-state index is 11.9. The molecule has 0 bridgehead atoms. The molecule has 1 aromatic carbocycles. The highest BCUT2D eigenvalue weighted by Gasteiger charge is 2.15. The van der Waals surface area contributed by atoms with Crippen molar-refractivity contribution in [1.82, 2.24) is 10.6 Å². The van der Waals surface area contributed by atoms with E-state index in [-0.39, 0.29) is 11.8 Å². The maximum absolute atomic E-state index is 11.9. The fourth-order valence-electron chi connectivity index (χ4n) is 1.43. The maximum Gasteiger partial charge on any atom is 0.251 e. The number of hydrogen-bond donors (Lipinski definition) is 2. The first-order valence-corrected chi connectivity index (χ1v) is 6.03. The number of halogens is 1. The number of rotatable bonds is 3. The van der Waals surface area contributed by atoms with E-state index in [2.05, 4.69) is 26.6 Å². The van der Waals surface area contributed by atoms with Gasteiger partial charge in [-0.25, -0.2) is 0 Å². The van der Waals surface area contributed by atoms with Gasteiger partial charge in [-0.1, -0.05) is 15.9 Å². The summed E-state index contributed by atoms with van der Waals surface area (Å²) in [6.07, 6.45) is 0. The Kier molecular flexibility index (Phi) is 4.69. The lowest BCUT2D eigenvalue weighted by molar-refractivity contribution is -0.122. The molecule has 0 heterocycles. The quantitative estimate of drug-likeness (QED) is 0.891. The Morgan fingerprint density at radius 1 is 1.29 bits per heavy atom. The van der Waals surface area contributed by atoms with Crippen LogP contribution in [0.3, 0.4) is 0 Å². The van der Waals surface area contributed by atoms with Gasteiger partial charge >= 0.3 is 0 Å². The van der Waals surface area contributed by atoms with Crippen molar-refractivity contribution >= 4 is 27.7 Å².